The maximum atomic E-state index is 13.2. The number of anilines is 1. The highest BCUT2D eigenvalue weighted by atomic mass is 16.5. The zero-order valence-corrected chi connectivity index (χ0v) is 14.9. The summed E-state index contributed by atoms with van der Waals surface area (Å²) in [6.07, 6.45) is 0. The Morgan fingerprint density at radius 3 is 2.36 bits per heavy atom. The molecule has 4 rings (SSSR count). The first kappa shape index (κ1) is 18.0. The lowest BCUT2D eigenvalue weighted by atomic mass is 9.86. The first-order valence-corrected chi connectivity index (χ1v) is 8.73. The van der Waals surface area contributed by atoms with Crippen molar-refractivity contribution in [1.29, 1.82) is 0 Å². The van der Waals surface area contributed by atoms with Gasteiger partial charge >= 0.3 is 5.97 Å². The third-order valence-electron chi connectivity index (χ3n) is 5.34. The summed E-state index contributed by atoms with van der Waals surface area (Å²) < 4.78 is 5.11. The second-order valence-corrected chi connectivity index (χ2v) is 6.76. The highest BCUT2D eigenvalue weighted by molar-refractivity contribution is 6.23. The van der Waals surface area contributed by atoms with Gasteiger partial charge in [-0.2, -0.15) is 0 Å². The Morgan fingerprint density at radius 2 is 1.71 bits per heavy atom. The summed E-state index contributed by atoms with van der Waals surface area (Å²) in [7, 11) is 1.39. The van der Waals surface area contributed by atoms with Gasteiger partial charge in [0.1, 0.15) is 6.04 Å². The number of nitrogens with zero attached hydrogens (tertiary/aromatic N) is 1. The number of carbonyl (C=O) groups excluding carboxylic acids is 2. The van der Waals surface area contributed by atoms with Crippen molar-refractivity contribution < 1.29 is 29.3 Å². The van der Waals surface area contributed by atoms with Gasteiger partial charge in [-0.05, 0) is 18.2 Å². The smallest absolute Gasteiger partial charge is 0.321 e. The van der Waals surface area contributed by atoms with Crippen LogP contribution in [0.3, 0.4) is 0 Å². The molecule has 4 atom stereocenters. The summed E-state index contributed by atoms with van der Waals surface area (Å²) in [6.45, 7) is 0. The minimum absolute atomic E-state index is 0.189. The van der Waals surface area contributed by atoms with Crippen LogP contribution < -0.4 is 15.0 Å². The summed E-state index contributed by atoms with van der Waals surface area (Å²) in [4.78, 5) is 39.0. The number of carboxylic acid groups (broad SMARTS) is 1. The van der Waals surface area contributed by atoms with Crippen LogP contribution in [0.25, 0.3) is 0 Å². The third-order valence-corrected chi connectivity index (χ3v) is 5.34. The molecule has 28 heavy (non-hydrogen) atoms. The average molecular weight is 382 g/mol. The van der Waals surface area contributed by atoms with Crippen molar-refractivity contribution in [3.8, 4) is 11.5 Å². The molecule has 8 heteroatoms. The van der Waals surface area contributed by atoms with Gasteiger partial charge in [0.15, 0.2) is 11.5 Å². The molecule has 144 valence electrons. The molecule has 8 nitrogen and oxygen atoms in total. The summed E-state index contributed by atoms with van der Waals surface area (Å²) in [5.74, 6) is -4.30. The Hall–Kier alpha value is -3.39. The molecule has 2 aliphatic heterocycles. The normalized spacial score (nSPS) is 26.4. The zero-order chi connectivity index (χ0) is 20.0. The number of hydrogen-bond acceptors (Lipinski definition) is 6. The van der Waals surface area contributed by atoms with Crippen molar-refractivity contribution in [3.63, 3.8) is 0 Å². The van der Waals surface area contributed by atoms with Crippen molar-refractivity contribution in [3.05, 3.63) is 54.1 Å². The topological polar surface area (TPSA) is 116 Å². The Kier molecular flexibility index (Phi) is 4.27. The fraction of sp³-hybridized carbons (Fsp3) is 0.250. The van der Waals surface area contributed by atoms with Crippen molar-refractivity contribution in [2.75, 3.05) is 12.0 Å². The molecule has 3 N–H and O–H groups in total. The summed E-state index contributed by atoms with van der Waals surface area (Å²) >= 11 is 0. The number of ether oxygens (including phenoxy) is 1. The number of para-hydroxylation sites is 2. The van der Waals surface area contributed by atoms with E-state index < -0.39 is 41.7 Å². The number of aliphatic carboxylic acids is 1. The van der Waals surface area contributed by atoms with Gasteiger partial charge in [-0.1, -0.05) is 30.3 Å². The van der Waals surface area contributed by atoms with Crippen LogP contribution in [0.2, 0.25) is 0 Å². The maximum Gasteiger partial charge on any atom is 0.321 e. The van der Waals surface area contributed by atoms with E-state index >= 15 is 0 Å². The Labute approximate surface area is 160 Å². The second kappa shape index (κ2) is 6.65. The van der Waals surface area contributed by atoms with Crippen LogP contribution in [0, 0.1) is 11.8 Å². The predicted octanol–water partition coefficient (Wildman–Crippen LogP) is 1.30. The van der Waals surface area contributed by atoms with Crippen LogP contribution in [0.5, 0.6) is 11.5 Å². The first-order valence-electron chi connectivity index (χ1n) is 8.73. The number of benzene rings is 2. The van der Waals surface area contributed by atoms with Gasteiger partial charge < -0.3 is 14.9 Å². The fourth-order valence-electron chi connectivity index (χ4n) is 4.11. The van der Waals surface area contributed by atoms with Crippen LogP contribution in [0.15, 0.2) is 48.5 Å². The van der Waals surface area contributed by atoms with E-state index in [0.717, 1.165) is 4.90 Å². The number of nitrogens with one attached hydrogen (secondary N) is 1. The Morgan fingerprint density at radius 1 is 1.04 bits per heavy atom. The molecule has 2 heterocycles. The molecule has 0 saturated carbocycles. The number of hydrogen-bond donors (Lipinski definition) is 3. The summed E-state index contributed by atoms with van der Waals surface area (Å²) in [5.41, 5.74) is 0.707. The molecular formula is C20H18N2O6. The van der Waals surface area contributed by atoms with Crippen LogP contribution >= 0.6 is 0 Å². The zero-order valence-electron chi connectivity index (χ0n) is 14.9. The molecular weight excluding hydrogens is 364 g/mol. The van der Waals surface area contributed by atoms with E-state index in [0.29, 0.717) is 11.3 Å². The quantitative estimate of drug-likeness (QED) is 0.683. The van der Waals surface area contributed by atoms with E-state index in [1.54, 1.807) is 48.5 Å². The van der Waals surface area contributed by atoms with Crippen molar-refractivity contribution in [2.45, 2.75) is 12.1 Å². The minimum Gasteiger partial charge on any atom is -0.504 e. The minimum atomic E-state index is -1.24. The molecule has 0 spiro atoms. The van der Waals surface area contributed by atoms with E-state index in [1.165, 1.54) is 7.11 Å². The lowest BCUT2D eigenvalue weighted by Gasteiger charge is -2.22. The van der Waals surface area contributed by atoms with Gasteiger partial charge in [-0.3, -0.25) is 19.7 Å². The lowest BCUT2D eigenvalue weighted by molar-refractivity contribution is -0.142. The van der Waals surface area contributed by atoms with Crippen LogP contribution in [0.1, 0.15) is 11.6 Å². The number of rotatable bonds is 4. The third kappa shape index (κ3) is 2.53. The molecule has 0 bridgehead atoms. The molecule has 0 radical (unpaired) electrons. The number of phenols is 1. The van der Waals surface area contributed by atoms with Crippen molar-refractivity contribution >= 4 is 23.5 Å². The standard InChI is InChI=1S/C20H18N2O6/c1-28-12-9-5-8-11(17(12)23)15-13-14(16(21-15)20(26)27)19(25)22(18(13)24)10-6-3-2-4-7-10/h2-9,13-16,21,23H,1H3,(H,26,27)/t13-,14-,15-,16-/m0/s1. The number of methoxy groups -OCH3 is 1. The molecule has 2 fully saturated rings. The van der Waals surface area contributed by atoms with Gasteiger partial charge in [0.25, 0.3) is 0 Å². The van der Waals surface area contributed by atoms with E-state index in [-0.39, 0.29) is 11.5 Å². The number of phenolic OH excluding ortho intramolecular Hbond substituents is 1. The number of fused-ring (bicyclic) bond motifs is 1. The van der Waals surface area contributed by atoms with Gasteiger partial charge in [-0.15, -0.1) is 0 Å². The predicted molar refractivity (Wildman–Crippen MR) is 97.9 cm³/mol. The SMILES string of the molecule is COc1cccc([C@@H]2N[C@H](C(=O)O)[C@H]3C(=O)N(c4ccccc4)C(=O)[C@@H]32)c1O. The number of carboxylic acids is 1. The number of carbonyl (C=O) groups is 3. The highest BCUT2D eigenvalue weighted by Crippen LogP contribution is 2.48. The fourth-order valence-corrected chi connectivity index (χ4v) is 4.11. The summed E-state index contributed by atoms with van der Waals surface area (Å²) in [6, 6.07) is 11.1. The monoisotopic (exact) mass is 382 g/mol. The largest absolute Gasteiger partial charge is 0.504 e. The van der Waals surface area contributed by atoms with Gasteiger partial charge in [-0.25, -0.2) is 4.90 Å². The molecule has 2 amide bonds. The molecule has 0 aliphatic carbocycles. The van der Waals surface area contributed by atoms with E-state index in [9.17, 15) is 24.6 Å². The van der Waals surface area contributed by atoms with E-state index in [2.05, 4.69) is 5.32 Å². The summed E-state index contributed by atoms with van der Waals surface area (Å²) in [5, 5.41) is 23.0. The molecule has 0 aromatic heterocycles. The Bertz CT molecular complexity index is 960. The van der Waals surface area contributed by atoms with E-state index in [4.69, 9.17) is 4.74 Å². The van der Waals surface area contributed by atoms with E-state index in [1.807, 2.05) is 0 Å². The highest BCUT2D eigenvalue weighted by Gasteiger charge is 2.61. The first-order chi connectivity index (χ1) is 13.5. The molecule has 2 saturated heterocycles. The van der Waals surface area contributed by atoms with Crippen LogP contribution in [0.4, 0.5) is 5.69 Å². The number of imide groups is 1. The van der Waals surface area contributed by atoms with Crippen molar-refractivity contribution in [1.82, 2.24) is 5.32 Å². The number of aromatic hydroxyl groups is 1. The molecule has 2 aliphatic rings. The van der Waals surface area contributed by atoms with Gasteiger partial charge in [0.2, 0.25) is 11.8 Å². The lowest BCUT2D eigenvalue weighted by Crippen LogP contribution is -2.43. The van der Waals surface area contributed by atoms with Gasteiger partial charge in [0, 0.05) is 11.6 Å². The Balaban J connectivity index is 1.81. The molecule has 2 aromatic carbocycles. The number of amides is 2. The maximum absolute atomic E-state index is 13.2. The average Bonchev–Trinajstić information content (AvgIpc) is 3.20. The second-order valence-electron chi connectivity index (χ2n) is 6.76. The van der Waals surface area contributed by atoms with Gasteiger partial charge in [0.05, 0.1) is 24.6 Å². The molecule has 2 aromatic rings. The van der Waals surface area contributed by atoms with Crippen LogP contribution in [-0.4, -0.2) is 41.1 Å². The van der Waals surface area contributed by atoms with Crippen molar-refractivity contribution in [2.24, 2.45) is 11.8 Å². The van der Waals surface area contributed by atoms with Crippen LogP contribution in [-0.2, 0) is 14.4 Å². The molecule has 0 unspecified atom stereocenters.